The Balaban J connectivity index is 1.72. The maximum Gasteiger partial charge on any atom is 0.344 e. The highest BCUT2D eigenvalue weighted by molar-refractivity contribution is 7.98. The van der Waals surface area contributed by atoms with Crippen molar-refractivity contribution < 1.29 is 0 Å². The van der Waals surface area contributed by atoms with E-state index in [0.29, 0.717) is 11.7 Å². The smallest absolute Gasteiger partial charge is 0.266 e. The molecule has 0 spiro atoms. The molecular formula is C17H17N3OS2. The molecule has 0 aliphatic carbocycles. The predicted octanol–water partition coefficient (Wildman–Crippen LogP) is 3.63. The van der Waals surface area contributed by atoms with Crippen molar-refractivity contribution >= 4 is 23.5 Å². The van der Waals surface area contributed by atoms with E-state index in [1.54, 1.807) is 28.1 Å². The molecule has 0 bridgehead atoms. The Hall–Kier alpha value is -1.92. The molecule has 0 saturated carbocycles. The van der Waals surface area contributed by atoms with E-state index in [1.165, 1.54) is 10.5 Å². The molecule has 1 N–H and O–H groups in total. The first-order valence-electron chi connectivity index (χ1n) is 7.21. The summed E-state index contributed by atoms with van der Waals surface area (Å²) in [6, 6.07) is 18.4. The van der Waals surface area contributed by atoms with E-state index in [4.69, 9.17) is 0 Å². The lowest BCUT2D eigenvalue weighted by atomic mass is 10.2. The second-order valence-corrected chi connectivity index (χ2v) is 6.84. The Labute approximate surface area is 143 Å². The Morgan fingerprint density at radius 1 is 1.04 bits per heavy atom. The fraction of sp³-hybridized carbons (Fsp3) is 0.176. The number of nitrogens with zero attached hydrogens (tertiary/aromatic N) is 2. The van der Waals surface area contributed by atoms with Crippen LogP contribution in [0, 0.1) is 0 Å². The van der Waals surface area contributed by atoms with Crippen LogP contribution in [0.25, 0.3) is 0 Å². The van der Waals surface area contributed by atoms with Gasteiger partial charge in [0.25, 0.3) is 0 Å². The van der Waals surface area contributed by atoms with Gasteiger partial charge in [-0.25, -0.2) is 9.89 Å². The fourth-order valence-corrected chi connectivity index (χ4v) is 3.50. The molecule has 23 heavy (non-hydrogen) atoms. The standard InChI is InChI=1S/C17H17N3OS2/c1-22-15-9-7-14(8-10-15)12-23-17-19-18-16(21)20(17)11-13-5-3-2-4-6-13/h2-10H,11-12H2,1H3,(H,18,21). The third-order valence-electron chi connectivity index (χ3n) is 3.43. The molecule has 6 heteroatoms. The molecule has 0 unspecified atom stereocenters. The highest BCUT2D eigenvalue weighted by Crippen LogP contribution is 2.22. The van der Waals surface area contributed by atoms with Gasteiger partial charge in [0, 0.05) is 10.6 Å². The molecule has 0 atom stereocenters. The second kappa shape index (κ2) is 7.57. The van der Waals surface area contributed by atoms with Crippen molar-refractivity contribution in [1.82, 2.24) is 14.8 Å². The van der Waals surface area contributed by atoms with Crippen LogP contribution in [0.3, 0.4) is 0 Å². The minimum atomic E-state index is -0.172. The van der Waals surface area contributed by atoms with E-state index >= 15 is 0 Å². The largest absolute Gasteiger partial charge is 0.344 e. The first kappa shape index (κ1) is 16.0. The summed E-state index contributed by atoms with van der Waals surface area (Å²) >= 11 is 3.30. The Morgan fingerprint density at radius 3 is 2.48 bits per heavy atom. The van der Waals surface area contributed by atoms with Crippen LogP contribution in [0.4, 0.5) is 0 Å². The molecule has 0 amide bonds. The average Bonchev–Trinajstić information content (AvgIpc) is 2.94. The number of aromatic amines is 1. The minimum absolute atomic E-state index is 0.172. The Kier molecular flexibility index (Phi) is 5.25. The normalized spacial score (nSPS) is 10.8. The number of thioether (sulfide) groups is 2. The molecule has 0 aliphatic heterocycles. The van der Waals surface area contributed by atoms with Gasteiger partial charge in [-0.15, -0.1) is 16.9 Å². The van der Waals surface area contributed by atoms with Crippen molar-refractivity contribution in [2.24, 2.45) is 0 Å². The van der Waals surface area contributed by atoms with Gasteiger partial charge in [0.1, 0.15) is 0 Å². The summed E-state index contributed by atoms with van der Waals surface area (Å²) in [5, 5.41) is 7.41. The summed E-state index contributed by atoms with van der Waals surface area (Å²) in [6.45, 7) is 0.532. The lowest BCUT2D eigenvalue weighted by molar-refractivity contribution is 0.687. The molecule has 0 fully saturated rings. The summed E-state index contributed by atoms with van der Waals surface area (Å²) in [5.74, 6) is 0.785. The fourth-order valence-electron chi connectivity index (χ4n) is 2.19. The van der Waals surface area contributed by atoms with Crippen molar-refractivity contribution in [2.75, 3.05) is 6.26 Å². The van der Waals surface area contributed by atoms with Crippen LogP contribution in [0.5, 0.6) is 0 Å². The number of H-pyrrole nitrogens is 1. The number of hydrogen-bond acceptors (Lipinski definition) is 4. The lowest BCUT2D eigenvalue weighted by Gasteiger charge is -2.06. The molecular weight excluding hydrogens is 326 g/mol. The van der Waals surface area contributed by atoms with Crippen molar-refractivity contribution in [3.63, 3.8) is 0 Å². The molecule has 2 aromatic carbocycles. The molecule has 3 rings (SSSR count). The highest BCUT2D eigenvalue weighted by Gasteiger charge is 2.09. The predicted molar refractivity (Wildman–Crippen MR) is 96.2 cm³/mol. The van der Waals surface area contributed by atoms with Crippen LogP contribution < -0.4 is 5.69 Å². The Bertz CT molecular complexity index is 810. The summed E-state index contributed by atoms with van der Waals surface area (Å²) < 4.78 is 1.68. The topological polar surface area (TPSA) is 50.7 Å². The minimum Gasteiger partial charge on any atom is -0.266 e. The zero-order chi connectivity index (χ0) is 16.1. The van der Waals surface area contributed by atoms with Gasteiger partial charge in [0.2, 0.25) is 0 Å². The second-order valence-electron chi connectivity index (χ2n) is 5.02. The summed E-state index contributed by atoms with van der Waals surface area (Å²) in [5.41, 5.74) is 2.13. The van der Waals surface area contributed by atoms with Crippen molar-refractivity contribution in [3.8, 4) is 0 Å². The SMILES string of the molecule is CSc1ccc(CSc2n[nH]c(=O)n2Cc2ccccc2)cc1. The molecule has 3 aromatic rings. The van der Waals surface area contributed by atoms with Crippen LogP contribution in [0.15, 0.2) is 69.4 Å². The number of aromatic nitrogens is 3. The summed E-state index contributed by atoms with van der Waals surface area (Å²) in [6.07, 6.45) is 2.07. The van der Waals surface area contributed by atoms with Gasteiger partial charge in [0.15, 0.2) is 5.16 Å². The van der Waals surface area contributed by atoms with Crippen LogP contribution in [-0.4, -0.2) is 21.0 Å². The molecule has 1 aromatic heterocycles. The van der Waals surface area contributed by atoms with Gasteiger partial charge >= 0.3 is 5.69 Å². The van der Waals surface area contributed by atoms with Crippen LogP contribution >= 0.6 is 23.5 Å². The number of hydrogen-bond donors (Lipinski definition) is 1. The molecule has 4 nitrogen and oxygen atoms in total. The first-order valence-corrected chi connectivity index (χ1v) is 9.42. The van der Waals surface area contributed by atoms with Gasteiger partial charge in [-0.05, 0) is 29.5 Å². The monoisotopic (exact) mass is 343 g/mol. The number of rotatable bonds is 6. The van der Waals surface area contributed by atoms with E-state index < -0.39 is 0 Å². The molecule has 0 saturated heterocycles. The summed E-state index contributed by atoms with van der Waals surface area (Å²) in [4.78, 5) is 13.2. The van der Waals surface area contributed by atoms with Gasteiger partial charge in [-0.3, -0.25) is 4.57 Å². The van der Waals surface area contributed by atoms with E-state index in [-0.39, 0.29) is 5.69 Å². The van der Waals surface area contributed by atoms with Crippen LogP contribution in [0.1, 0.15) is 11.1 Å². The van der Waals surface area contributed by atoms with Crippen molar-refractivity contribution in [3.05, 3.63) is 76.2 Å². The molecule has 1 heterocycles. The van der Waals surface area contributed by atoms with E-state index in [2.05, 4.69) is 40.7 Å². The quantitative estimate of drug-likeness (QED) is 0.694. The van der Waals surface area contributed by atoms with Crippen LogP contribution in [0.2, 0.25) is 0 Å². The first-order chi connectivity index (χ1) is 11.3. The van der Waals surface area contributed by atoms with Gasteiger partial charge in [0.05, 0.1) is 6.54 Å². The molecule has 0 radical (unpaired) electrons. The molecule has 118 valence electrons. The van der Waals surface area contributed by atoms with E-state index in [9.17, 15) is 4.79 Å². The zero-order valence-corrected chi connectivity index (χ0v) is 14.4. The van der Waals surface area contributed by atoms with Crippen LogP contribution in [-0.2, 0) is 12.3 Å². The lowest BCUT2D eigenvalue weighted by Crippen LogP contribution is -2.18. The van der Waals surface area contributed by atoms with Gasteiger partial charge in [-0.1, -0.05) is 54.2 Å². The maximum absolute atomic E-state index is 12.0. The van der Waals surface area contributed by atoms with E-state index in [0.717, 1.165) is 11.3 Å². The third-order valence-corrected chi connectivity index (χ3v) is 5.22. The van der Waals surface area contributed by atoms with Gasteiger partial charge in [-0.2, -0.15) is 0 Å². The number of benzene rings is 2. The molecule has 0 aliphatic rings. The maximum atomic E-state index is 12.0. The average molecular weight is 343 g/mol. The zero-order valence-electron chi connectivity index (χ0n) is 12.7. The van der Waals surface area contributed by atoms with Crippen molar-refractivity contribution in [1.29, 1.82) is 0 Å². The van der Waals surface area contributed by atoms with E-state index in [1.807, 2.05) is 30.3 Å². The Morgan fingerprint density at radius 2 is 1.78 bits per heavy atom. The summed E-state index contributed by atoms with van der Waals surface area (Å²) in [7, 11) is 0. The highest BCUT2D eigenvalue weighted by atomic mass is 32.2. The number of nitrogens with one attached hydrogen (secondary N) is 1. The van der Waals surface area contributed by atoms with Crippen molar-refractivity contribution in [2.45, 2.75) is 22.3 Å². The third kappa shape index (κ3) is 4.09. The van der Waals surface area contributed by atoms with Gasteiger partial charge < -0.3 is 0 Å².